The van der Waals surface area contributed by atoms with Crippen LogP contribution in [0.5, 0.6) is 0 Å². The molecule has 0 atom stereocenters. The van der Waals surface area contributed by atoms with Gasteiger partial charge in [0.25, 0.3) is 0 Å². The number of allylic oxidation sites excluding steroid dienone is 2. The topological polar surface area (TPSA) is 12.4 Å². The Balaban J connectivity index is 3.91. The van der Waals surface area contributed by atoms with Gasteiger partial charge in [-0.2, -0.15) is 0 Å². The van der Waals surface area contributed by atoms with Gasteiger partial charge in [-0.15, -0.1) is 0 Å². The maximum atomic E-state index is 4.06. The van der Waals surface area contributed by atoms with E-state index in [0.29, 0.717) is 0 Å². The maximum absolute atomic E-state index is 4.06. The fourth-order valence-electron chi connectivity index (χ4n) is 0.301. The molecule has 0 saturated carbocycles. The molecule has 0 aromatic rings. The molecule has 0 aliphatic heterocycles. The van der Waals surface area contributed by atoms with Gasteiger partial charge in [-0.3, -0.25) is 4.99 Å². The van der Waals surface area contributed by atoms with E-state index < -0.39 is 0 Å². The Morgan fingerprint density at radius 3 is 2.44 bits per heavy atom. The molecule has 52 valence electrons. The maximum Gasteiger partial charge on any atom is 0.0361 e. The first kappa shape index (κ1) is 8.89. The van der Waals surface area contributed by atoms with Crippen molar-refractivity contribution in [1.82, 2.24) is 0 Å². The van der Waals surface area contributed by atoms with Crippen molar-refractivity contribution in [2.45, 2.75) is 20.8 Å². The van der Waals surface area contributed by atoms with Gasteiger partial charge >= 0.3 is 0 Å². The molecule has 1 nitrogen and oxygen atoms in total. The minimum Gasteiger partial charge on any atom is -0.292 e. The second kappa shape index (κ2) is 4.74. The lowest BCUT2D eigenvalue weighted by atomic mass is 10.3. The fourth-order valence-corrected chi connectivity index (χ4v) is 0.445. The molecule has 2 heteroatoms. The lowest BCUT2D eigenvalue weighted by Gasteiger charge is -1.90. The van der Waals surface area contributed by atoms with Gasteiger partial charge < -0.3 is 0 Å². The number of nitrogens with zero attached hydrogens (tertiary/aromatic N) is 1. The Bertz CT molecular complexity index is 132. The third-order valence-electron chi connectivity index (χ3n) is 0.865. The zero-order valence-corrected chi connectivity index (χ0v) is 7.70. The molecule has 0 radical (unpaired) electrons. The summed E-state index contributed by atoms with van der Waals surface area (Å²) in [7, 11) is 0. The molecule has 0 aliphatic carbocycles. The summed E-state index contributed by atoms with van der Waals surface area (Å²) >= 11 is 3.37. The highest BCUT2D eigenvalue weighted by molar-refractivity contribution is 9.12. The third kappa shape index (κ3) is 4.40. The largest absolute Gasteiger partial charge is 0.292 e. The van der Waals surface area contributed by atoms with Gasteiger partial charge in [0.05, 0.1) is 0 Å². The van der Waals surface area contributed by atoms with Gasteiger partial charge in [-0.05, 0) is 36.7 Å². The molecular formula is C7H12BrN. The van der Waals surface area contributed by atoms with Crippen molar-refractivity contribution >= 4 is 22.1 Å². The summed E-state index contributed by atoms with van der Waals surface area (Å²) < 4.78 is 1.09. The first-order valence-electron chi connectivity index (χ1n) is 3.01. The third-order valence-corrected chi connectivity index (χ3v) is 1.86. The normalized spacial score (nSPS) is 10.2. The zero-order chi connectivity index (χ0) is 7.28. The summed E-state index contributed by atoms with van der Waals surface area (Å²) in [4.78, 5) is 4.06. The van der Waals surface area contributed by atoms with Crippen LogP contribution in [0.3, 0.4) is 0 Å². The molecular weight excluding hydrogens is 178 g/mol. The average molecular weight is 190 g/mol. The van der Waals surface area contributed by atoms with Crippen LogP contribution in [-0.2, 0) is 0 Å². The SMILES string of the molecule is CCN=CC(Br)=C(C)C. The summed E-state index contributed by atoms with van der Waals surface area (Å²) in [5.74, 6) is 0. The Morgan fingerprint density at radius 1 is 1.56 bits per heavy atom. The van der Waals surface area contributed by atoms with E-state index in [1.807, 2.05) is 27.0 Å². The van der Waals surface area contributed by atoms with E-state index in [1.165, 1.54) is 5.57 Å². The second-order valence-electron chi connectivity index (χ2n) is 1.98. The summed E-state index contributed by atoms with van der Waals surface area (Å²) in [6.45, 7) is 6.96. The summed E-state index contributed by atoms with van der Waals surface area (Å²) in [5, 5.41) is 0. The van der Waals surface area contributed by atoms with Gasteiger partial charge in [0, 0.05) is 17.2 Å². The van der Waals surface area contributed by atoms with Gasteiger partial charge in [0.15, 0.2) is 0 Å². The molecule has 0 fully saturated rings. The number of hydrogen-bond acceptors (Lipinski definition) is 1. The second-order valence-corrected chi connectivity index (χ2v) is 2.83. The van der Waals surface area contributed by atoms with Crippen LogP contribution in [0.1, 0.15) is 20.8 Å². The number of rotatable bonds is 2. The highest BCUT2D eigenvalue weighted by atomic mass is 79.9. The lowest BCUT2D eigenvalue weighted by molar-refractivity contribution is 1.14. The van der Waals surface area contributed by atoms with Gasteiger partial charge in [-0.1, -0.05) is 5.57 Å². The van der Waals surface area contributed by atoms with Crippen LogP contribution < -0.4 is 0 Å². The van der Waals surface area contributed by atoms with Crippen molar-refractivity contribution in [2.24, 2.45) is 4.99 Å². The van der Waals surface area contributed by atoms with E-state index >= 15 is 0 Å². The van der Waals surface area contributed by atoms with E-state index in [1.54, 1.807) is 0 Å². The Labute approximate surface area is 65.0 Å². The quantitative estimate of drug-likeness (QED) is 0.593. The molecule has 0 N–H and O–H groups in total. The zero-order valence-electron chi connectivity index (χ0n) is 6.11. The van der Waals surface area contributed by atoms with Crippen molar-refractivity contribution < 1.29 is 0 Å². The first-order valence-corrected chi connectivity index (χ1v) is 3.80. The van der Waals surface area contributed by atoms with Crippen LogP contribution >= 0.6 is 15.9 Å². The summed E-state index contributed by atoms with van der Waals surface area (Å²) in [6.07, 6.45) is 1.84. The van der Waals surface area contributed by atoms with Crippen LogP contribution in [0.4, 0.5) is 0 Å². The number of hydrogen-bond donors (Lipinski definition) is 0. The van der Waals surface area contributed by atoms with Gasteiger partial charge in [0.2, 0.25) is 0 Å². The molecule has 0 aliphatic rings. The van der Waals surface area contributed by atoms with Crippen LogP contribution in [0.2, 0.25) is 0 Å². The standard InChI is InChI=1S/C7H12BrN/c1-4-9-5-7(8)6(2)3/h5H,4H2,1-3H3. The molecule has 9 heavy (non-hydrogen) atoms. The van der Waals surface area contributed by atoms with E-state index in [9.17, 15) is 0 Å². The molecule has 0 aromatic carbocycles. The van der Waals surface area contributed by atoms with Gasteiger partial charge in [-0.25, -0.2) is 0 Å². The van der Waals surface area contributed by atoms with E-state index in [2.05, 4.69) is 20.9 Å². The molecule has 0 aromatic heterocycles. The summed E-state index contributed by atoms with van der Waals surface area (Å²) in [6, 6.07) is 0. The summed E-state index contributed by atoms with van der Waals surface area (Å²) in [5.41, 5.74) is 1.26. The van der Waals surface area contributed by atoms with Gasteiger partial charge in [0.1, 0.15) is 0 Å². The van der Waals surface area contributed by atoms with E-state index in [-0.39, 0.29) is 0 Å². The van der Waals surface area contributed by atoms with Crippen LogP contribution in [0.15, 0.2) is 15.0 Å². The van der Waals surface area contributed by atoms with Crippen molar-refractivity contribution in [3.05, 3.63) is 10.1 Å². The van der Waals surface area contributed by atoms with Crippen LogP contribution in [0.25, 0.3) is 0 Å². The molecule has 0 bridgehead atoms. The van der Waals surface area contributed by atoms with E-state index in [4.69, 9.17) is 0 Å². The number of aliphatic imine (C=N–C) groups is 1. The van der Waals surface area contributed by atoms with E-state index in [0.717, 1.165) is 11.0 Å². The lowest BCUT2D eigenvalue weighted by Crippen LogP contribution is -1.78. The Kier molecular flexibility index (Phi) is 4.68. The Hall–Kier alpha value is -0.110. The molecule has 0 rings (SSSR count). The highest BCUT2D eigenvalue weighted by Gasteiger charge is 1.85. The fraction of sp³-hybridized carbons (Fsp3) is 0.571. The van der Waals surface area contributed by atoms with Crippen molar-refractivity contribution in [1.29, 1.82) is 0 Å². The predicted octanol–water partition coefficient (Wildman–Crippen LogP) is 2.77. The molecule has 0 saturated heterocycles. The average Bonchev–Trinajstić information content (AvgIpc) is 1.82. The molecule has 0 unspecified atom stereocenters. The van der Waals surface area contributed by atoms with Crippen molar-refractivity contribution in [3.63, 3.8) is 0 Å². The Morgan fingerprint density at radius 2 is 2.11 bits per heavy atom. The minimum atomic E-state index is 0.850. The minimum absolute atomic E-state index is 0.850. The predicted molar refractivity (Wildman–Crippen MR) is 46.3 cm³/mol. The van der Waals surface area contributed by atoms with Crippen molar-refractivity contribution in [3.8, 4) is 0 Å². The molecule has 0 heterocycles. The number of halogens is 1. The highest BCUT2D eigenvalue weighted by Crippen LogP contribution is 2.07. The smallest absolute Gasteiger partial charge is 0.0361 e. The van der Waals surface area contributed by atoms with Crippen LogP contribution in [-0.4, -0.2) is 12.8 Å². The van der Waals surface area contributed by atoms with Crippen LogP contribution in [0, 0.1) is 0 Å². The first-order chi connectivity index (χ1) is 4.18. The monoisotopic (exact) mass is 189 g/mol. The molecule has 0 amide bonds. The molecule has 0 spiro atoms. The van der Waals surface area contributed by atoms with Crippen molar-refractivity contribution in [2.75, 3.05) is 6.54 Å².